The molecule has 1 aliphatic rings. The Labute approximate surface area is 839 Å². The molecule has 50 nitrogen and oxygen atoms in total. The molecule has 806 valence electrons. The van der Waals surface area contributed by atoms with E-state index < -0.39 is 299 Å². The first-order chi connectivity index (χ1) is 68.0. The predicted molar refractivity (Wildman–Crippen MR) is 523 cm³/mol. The first kappa shape index (κ1) is 127. The molecule has 1 aromatic carbocycles. The van der Waals surface area contributed by atoms with E-state index in [0.717, 1.165) is 0 Å². The average molecular weight is 2060 g/mol. The smallest absolute Gasteiger partial charge is 0.407 e. The molecule has 144 heavy (non-hydrogen) atoms. The van der Waals surface area contributed by atoms with E-state index in [-0.39, 0.29) is 158 Å². The van der Waals surface area contributed by atoms with E-state index in [1.807, 2.05) is 6.92 Å². The van der Waals surface area contributed by atoms with Gasteiger partial charge >= 0.3 is 35.9 Å². The Morgan fingerprint density at radius 2 is 0.965 bits per heavy atom. The predicted octanol–water partition coefficient (Wildman–Crippen LogP) is -0.159. The number of ether oxygens (including phenoxy) is 3. The molecule has 13 atom stereocenters. The van der Waals surface area contributed by atoms with Crippen molar-refractivity contribution in [3.8, 4) is 0 Å². The zero-order chi connectivity index (χ0) is 108. The molecule has 0 aromatic heterocycles. The molecular weight excluding hydrogens is 1910 g/mol. The maximum Gasteiger partial charge on any atom is 0.407 e. The van der Waals surface area contributed by atoms with Gasteiger partial charge in [0.1, 0.15) is 25.9 Å². The molecule has 0 saturated carbocycles. The lowest BCUT2D eigenvalue weighted by molar-refractivity contribution is -0.142. The number of alkyl carbamates (subject to hydrolysis) is 1. The summed E-state index contributed by atoms with van der Waals surface area (Å²) < 4.78 is 15.6. The van der Waals surface area contributed by atoms with Gasteiger partial charge < -0.3 is 131 Å². The van der Waals surface area contributed by atoms with Crippen LogP contribution in [0.5, 0.6) is 0 Å². The lowest BCUT2D eigenvalue weighted by Crippen LogP contribution is -2.52. The normalized spacial score (nSPS) is 14.8. The third-order valence-electron chi connectivity index (χ3n) is 23.1. The second-order valence-electron chi connectivity index (χ2n) is 35.8. The summed E-state index contributed by atoms with van der Waals surface area (Å²) in [6.07, 6.45) is -6.96. The Balaban J connectivity index is 2.35. The van der Waals surface area contributed by atoms with Crippen LogP contribution in [0.3, 0.4) is 0 Å². The van der Waals surface area contributed by atoms with Crippen molar-refractivity contribution in [3.05, 3.63) is 35.4 Å². The number of rotatable bonds is 80. The van der Waals surface area contributed by atoms with E-state index in [4.69, 9.17) is 63.3 Å². The van der Waals surface area contributed by atoms with Crippen molar-refractivity contribution in [2.24, 2.45) is 63.6 Å². The molecule has 0 radical (unpaired) electrons. The number of carbonyl (C=O) groups is 21. The van der Waals surface area contributed by atoms with Gasteiger partial charge in [0.05, 0.1) is 67.7 Å². The van der Waals surface area contributed by atoms with E-state index in [2.05, 4.69) is 63.6 Å². The van der Waals surface area contributed by atoms with Crippen LogP contribution >= 0.6 is 11.8 Å². The highest BCUT2D eigenvalue weighted by atomic mass is 32.2. The Morgan fingerprint density at radius 1 is 0.479 bits per heavy atom. The quantitative estimate of drug-likeness (QED) is 0.0174. The Kier molecular flexibility index (Phi) is 62.1. The van der Waals surface area contributed by atoms with Crippen molar-refractivity contribution >= 4 is 159 Å². The van der Waals surface area contributed by atoms with Crippen LogP contribution in [-0.2, 0) is 121 Å². The highest BCUT2D eigenvalue weighted by molar-refractivity contribution is 7.98. The molecule has 2 rings (SSSR count). The highest BCUT2D eigenvalue weighted by Crippen LogP contribution is 2.25. The molecule has 0 unspecified atom stereocenters. The zero-order valence-electron chi connectivity index (χ0n) is 82.9. The van der Waals surface area contributed by atoms with Crippen LogP contribution in [0.25, 0.3) is 0 Å². The molecule has 0 spiro atoms. The van der Waals surface area contributed by atoms with Gasteiger partial charge in [-0.25, -0.2) is 4.79 Å². The van der Waals surface area contributed by atoms with Crippen LogP contribution in [0.1, 0.15) is 226 Å². The molecule has 1 aromatic rings. The molecule has 1 aliphatic heterocycles. The Hall–Kier alpha value is -13.2. The number of amides is 9. The van der Waals surface area contributed by atoms with E-state index in [0.29, 0.717) is 49.1 Å². The highest BCUT2D eigenvalue weighted by Gasteiger charge is 2.40. The second kappa shape index (κ2) is 70.5. The fraction of sp³-hybridized carbons (Fsp3) is 0.667. The first-order valence-corrected chi connectivity index (χ1v) is 49.3. The summed E-state index contributed by atoms with van der Waals surface area (Å²) in [5.41, 5.74) is 23.4. The molecule has 0 aliphatic carbocycles. The number of carboxylic acid groups (broad SMARTS) is 5. The topological polar surface area (TPSA) is 820 Å². The number of nitrogens with zero attached hydrogens (tertiary/aromatic N) is 2. The third-order valence-corrected chi connectivity index (χ3v) is 23.7. The minimum atomic E-state index is -1.84. The fourth-order valence-corrected chi connectivity index (χ4v) is 15.8. The van der Waals surface area contributed by atoms with Crippen LogP contribution in [0, 0.1) is 51.7 Å². The maximum absolute atomic E-state index is 14.7. The summed E-state index contributed by atoms with van der Waals surface area (Å²) in [5, 5.41) is 103. The van der Waals surface area contributed by atoms with E-state index in [9.17, 15) is 121 Å². The average Bonchev–Trinajstić information content (AvgIpc) is 1.73. The van der Waals surface area contributed by atoms with Crippen LogP contribution in [0.2, 0.25) is 0 Å². The largest absolute Gasteiger partial charge is 0.481 e. The maximum atomic E-state index is 14.7. The lowest BCUT2D eigenvalue weighted by Gasteiger charge is -2.27. The van der Waals surface area contributed by atoms with Crippen LogP contribution in [0.15, 0.2) is 29.4 Å². The van der Waals surface area contributed by atoms with Crippen LogP contribution in [-0.4, -0.2) is 317 Å². The van der Waals surface area contributed by atoms with Gasteiger partial charge in [-0.3, -0.25) is 112 Å². The molecule has 1 saturated heterocycles. The summed E-state index contributed by atoms with van der Waals surface area (Å²) >= 11 is 1.21. The number of oxime groups is 1. The van der Waals surface area contributed by atoms with E-state index in [1.165, 1.54) is 30.7 Å². The molecule has 51 heteroatoms. The first-order valence-electron chi connectivity index (χ1n) is 47.9. The molecule has 1 heterocycles. The number of methoxy groups -OCH3 is 1. The monoisotopic (exact) mass is 2060 g/mol. The van der Waals surface area contributed by atoms with Gasteiger partial charge in [-0.1, -0.05) is 57.1 Å². The van der Waals surface area contributed by atoms with Crippen molar-refractivity contribution in [2.75, 3.05) is 91.4 Å². The number of hydrogen-bond donors (Lipinski definition) is 23. The van der Waals surface area contributed by atoms with E-state index >= 15 is 0 Å². The number of nitrogens with two attached hydrogens (primary N) is 4. The number of carbonyl (C=O) groups excluding carboxylic acids is 16. The molecule has 27 N–H and O–H groups in total. The molecule has 9 amide bonds. The number of Topliss-reactive ketones (excluding diaryl/α,β-unsaturated/α-hetero) is 7. The van der Waals surface area contributed by atoms with Gasteiger partial charge in [0, 0.05) is 153 Å². The number of aliphatic carboxylic acids is 5. The molecular formula is C93H148N20O30S. The fourth-order valence-electron chi connectivity index (χ4n) is 15.2. The minimum absolute atomic E-state index is 0.0133. The van der Waals surface area contributed by atoms with Crippen molar-refractivity contribution in [1.82, 2.24) is 63.4 Å². The van der Waals surface area contributed by atoms with Crippen molar-refractivity contribution in [1.29, 1.82) is 16.2 Å². The van der Waals surface area contributed by atoms with E-state index in [1.54, 1.807) is 51.3 Å². The SMILES string of the molecule is COCCOC(=O)NCCO/N=C(\C)c1ccc(C[C@H](NC(=O)[C@@H](CCC(=O)O)CC(=O)[C@@H](CCC(=O)O)NC(=O)[C@@H](CCC(=O)O)CC(=O)[C@@H](CCC(=O)O)NC(=O)[C@H](N)CCC(=O)O)C(=O)CCCOCC(=O)N2CCC[C@H]2C(=O)N[C@@H](CC(C)C)C(=O)CCC(=O)N[C@@H](CSC)C(=O)C[C@@H](C)C(=O)NCC(=O)C[C@H](CCCNC(=N)N)C(=O)N[C@H](CCCNC(=N)N)C(=O)C[C@@H](C)CCCNC(=N)N)cc1. The zero-order valence-corrected chi connectivity index (χ0v) is 83.8. The van der Waals surface area contributed by atoms with Gasteiger partial charge in [0.25, 0.3) is 0 Å². The summed E-state index contributed by atoms with van der Waals surface area (Å²) in [7, 11) is 1.44. The molecule has 0 bridgehead atoms. The number of nitrogens with one attached hydrogen (secondary N) is 14. The van der Waals surface area contributed by atoms with Crippen molar-refractivity contribution in [2.45, 2.75) is 269 Å². The number of hydrogen-bond acceptors (Lipinski definition) is 31. The standard InChI is InChI=1S/C93H148N20O30S/c1-53(2)43-67(72(116)27-28-77(121)106-69(52-144-7)74(118)45-55(4)84(133)105-50-62(114)47-59(14-9-35-102-91(97)98)85(134)107-64(15-10-36-103-92(99)100)73(117)44-54(3)13-8-34-101-90(95)96)111-89(138)70-16-11-38-113(70)78(122)51-141-39-12-17-71(115)68(46-57-18-20-58(21-19-57)56(5)112-143-40-37-104-93(139)142-42-41-140-6)110-87(136)61(23-30-80(125)126)49-75(119)65(25-32-82(129)130)108-86(135)60(22-29-79(123)124)48-76(120)66(26-33-83(131)132)109-88(137)63(94)24-31-81(127)128/h18-21,53-55,59-61,63-70H,8-17,22-52,94H2,1-7H3,(H,104,139)(H,105,133)(H,106,121)(H,107,134)(H,108,135)(H,109,137)(H,110,136)(H,111,138)(H,123,124)(H,125,126)(H,127,128)(H,129,130)(H,131,132)(H4,95,96,101)(H4,97,98,102)(H4,99,100,103)/b112-56+/t54-,55+,59-,60-,61-,63+,64+,65+,66+,67-,68-,69-,70-/m0/s1. The number of carboxylic acids is 5. The van der Waals surface area contributed by atoms with Gasteiger partial charge in [-0.2, -0.15) is 11.8 Å². The van der Waals surface area contributed by atoms with Crippen molar-refractivity contribution < 1.29 is 145 Å². The summed E-state index contributed by atoms with van der Waals surface area (Å²) in [5.74, 6) is -24.9. The lowest BCUT2D eigenvalue weighted by atomic mass is 9.89. The number of benzene rings is 1. The van der Waals surface area contributed by atoms with Gasteiger partial charge in [0.15, 0.2) is 58.4 Å². The molecule has 1 fully saturated rings. The number of guanidine groups is 3. The Bertz CT molecular complexity index is 4520. The summed E-state index contributed by atoms with van der Waals surface area (Å²) in [4.78, 5) is 287. The van der Waals surface area contributed by atoms with Crippen LogP contribution < -0.4 is 81.4 Å². The summed E-state index contributed by atoms with van der Waals surface area (Å²) in [6, 6.07) is -4.46. The summed E-state index contributed by atoms with van der Waals surface area (Å²) in [6.45, 7) is 8.16. The second-order valence-corrected chi connectivity index (χ2v) is 36.7. The van der Waals surface area contributed by atoms with Gasteiger partial charge in [-0.15, -0.1) is 0 Å². The number of thioether (sulfide) groups is 1. The van der Waals surface area contributed by atoms with Crippen molar-refractivity contribution in [3.63, 3.8) is 0 Å². The third kappa shape index (κ3) is 55.4. The Morgan fingerprint density at radius 3 is 1.49 bits per heavy atom. The van der Waals surface area contributed by atoms with Gasteiger partial charge in [0.2, 0.25) is 47.3 Å². The number of ketones is 7. The number of likely N-dealkylation sites (tertiary alicyclic amines) is 1. The van der Waals surface area contributed by atoms with Crippen LogP contribution in [0.4, 0.5) is 4.79 Å². The van der Waals surface area contributed by atoms with Gasteiger partial charge in [-0.05, 0) is 139 Å². The minimum Gasteiger partial charge on any atom is -0.481 e.